The van der Waals surface area contributed by atoms with Crippen LogP contribution in [0.2, 0.25) is 0 Å². The number of thioether (sulfide) groups is 1. The Bertz CT molecular complexity index is 1860. The van der Waals surface area contributed by atoms with Gasteiger partial charge in [-0.1, -0.05) is 0 Å². The molecule has 4 fully saturated rings. The molecule has 1 aliphatic carbocycles. The maximum atomic E-state index is 14.7. The van der Waals surface area contributed by atoms with Crippen LogP contribution in [0.25, 0.3) is 10.9 Å². The van der Waals surface area contributed by atoms with Crippen LogP contribution in [0.5, 0.6) is 5.75 Å². The number of H-pyrrole nitrogens is 1. The summed E-state index contributed by atoms with van der Waals surface area (Å²) in [6.45, 7) is 4.46. The summed E-state index contributed by atoms with van der Waals surface area (Å²) in [7, 11) is 1.81. The number of nitrogens with zero attached hydrogens (tertiary/aromatic N) is 4. The number of halogens is 1. The van der Waals surface area contributed by atoms with Crippen molar-refractivity contribution in [2.45, 2.75) is 62.0 Å². The number of rotatable bonds is 10. The van der Waals surface area contributed by atoms with E-state index in [0.29, 0.717) is 52.2 Å². The minimum absolute atomic E-state index is 0.0187. The van der Waals surface area contributed by atoms with E-state index in [2.05, 4.69) is 30.4 Å². The van der Waals surface area contributed by atoms with Crippen LogP contribution in [0, 0.1) is 17.1 Å². The van der Waals surface area contributed by atoms with Gasteiger partial charge in [-0.2, -0.15) is 11.8 Å². The predicted molar refractivity (Wildman–Crippen MR) is 198 cm³/mol. The average Bonchev–Trinajstić information content (AvgIpc) is 3.98. The van der Waals surface area contributed by atoms with Crippen molar-refractivity contribution >= 4 is 58.3 Å². The van der Waals surface area contributed by atoms with E-state index in [0.717, 1.165) is 76.1 Å². The van der Waals surface area contributed by atoms with Crippen molar-refractivity contribution in [3.05, 3.63) is 57.9 Å². The van der Waals surface area contributed by atoms with Gasteiger partial charge >= 0.3 is 6.03 Å². The number of ether oxygens (including phenoxy) is 1. The van der Waals surface area contributed by atoms with Gasteiger partial charge in [-0.15, -0.1) is 0 Å². The number of urea groups is 1. The van der Waals surface area contributed by atoms with Crippen LogP contribution in [-0.4, -0.2) is 107 Å². The summed E-state index contributed by atoms with van der Waals surface area (Å²) < 4.78 is 20.5. The molecule has 7 rings (SSSR count). The van der Waals surface area contributed by atoms with E-state index in [1.807, 2.05) is 37.0 Å². The lowest BCUT2D eigenvalue weighted by molar-refractivity contribution is -0.123. The van der Waals surface area contributed by atoms with E-state index in [9.17, 15) is 18.8 Å². The number of nitrogens with one attached hydrogen (secondary N) is 4. The maximum Gasteiger partial charge on any atom is 0.329 e. The average molecular weight is 737 g/mol. The predicted octanol–water partition coefficient (Wildman–Crippen LogP) is 4.23. The van der Waals surface area contributed by atoms with E-state index in [1.165, 1.54) is 11.0 Å². The highest BCUT2D eigenvalue weighted by Crippen LogP contribution is 2.33. The highest BCUT2D eigenvalue weighted by atomic mass is 32.2. The fourth-order valence-electron chi connectivity index (χ4n) is 7.06. The quantitative estimate of drug-likeness (QED) is 0.114. The summed E-state index contributed by atoms with van der Waals surface area (Å²) in [5.74, 6) is 1.26. The molecule has 0 atom stereocenters. The van der Waals surface area contributed by atoms with Crippen LogP contribution < -0.4 is 25.8 Å². The first-order valence-electron chi connectivity index (χ1n) is 17.7. The third-order valence-corrected chi connectivity index (χ3v) is 11.5. The van der Waals surface area contributed by atoms with Crippen molar-refractivity contribution in [3.63, 3.8) is 0 Å². The minimum atomic E-state index is -0.600. The first-order chi connectivity index (χ1) is 25.2. The summed E-state index contributed by atoms with van der Waals surface area (Å²) >= 11 is 1.81. The highest BCUT2D eigenvalue weighted by molar-refractivity contribution is 7.99. The maximum absolute atomic E-state index is 14.7. The van der Waals surface area contributed by atoms with E-state index < -0.39 is 17.4 Å². The third-order valence-electron chi connectivity index (χ3n) is 10.1. The molecule has 1 aromatic heterocycles. The number of fused-ring (bicyclic) bond motifs is 1. The number of aromatic amines is 1. The summed E-state index contributed by atoms with van der Waals surface area (Å²) in [6, 6.07) is 8.86. The number of amides is 3. The fraction of sp³-hybridized carbons (Fsp3) is 0.500. The largest absolute Gasteiger partial charge is 0.493 e. The van der Waals surface area contributed by atoms with Crippen LogP contribution in [0.3, 0.4) is 0 Å². The van der Waals surface area contributed by atoms with Crippen molar-refractivity contribution < 1.29 is 28.6 Å². The monoisotopic (exact) mass is 736 g/mol. The third kappa shape index (κ3) is 8.84. The van der Waals surface area contributed by atoms with Gasteiger partial charge in [0.05, 0.1) is 17.9 Å². The molecular weight excluding hydrogens is 692 g/mol. The Morgan fingerprint density at radius 3 is 2.48 bits per heavy atom. The van der Waals surface area contributed by atoms with Gasteiger partial charge in [0.2, 0.25) is 5.91 Å². The Kier molecular flexibility index (Phi) is 11.9. The Hall–Kier alpha value is -4.70. The smallest absolute Gasteiger partial charge is 0.329 e. The van der Waals surface area contributed by atoms with Crippen molar-refractivity contribution in [3.8, 4) is 5.75 Å². The first kappa shape index (κ1) is 37.1. The number of hydrogen-bond donors (Lipinski definition) is 5. The van der Waals surface area contributed by atoms with Gasteiger partial charge in [-0.3, -0.25) is 30.0 Å². The number of hydrogen-bond acceptors (Lipinski definition) is 11. The molecular formula is C36H45FN8O6S. The number of anilines is 2. The molecule has 278 valence electrons. The Morgan fingerprint density at radius 1 is 1.08 bits per heavy atom. The van der Waals surface area contributed by atoms with Gasteiger partial charge in [-0.25, -0.2) is 14.2 Å². The molecule has 3 aromatic rings. The lowest BCUT2D eigenvalue weighted by atomic mass is 9.99. The first-order valence-corrected chi connectivity index (χ1v) is 18.8. The Balaban J connectivity index is 0.00000150. The summed E-state index contributed by atoms with van der Waals surface area (Å²) in [4.78, 5) is 58.6. The molecule has 4 heterocycles. The molecule has 4 aliphatic rings. The van der Waals surface area contributed by atoms with E-state index in [-0.39, 0.29) is 36.6 Å². The second-order valence-corrected chi connectivity index (χ2v) is 14.8. The second-order valence-electron chi connectivity index (χ2n) is 13.5. The fourth-order valence-corrected chi connectivity index (χ4v) is 8.13. The zero-order chi connectivity index (χ0) is 36.8. The van der Waals surface area contributed by atoms with Crippen molar-refractivity contribution in [1.29, 1.82) is 5.41 Å². The van der Waals surface area contributed by atoms with Gasteiger partial charge in [0.15, 0.2) is 0 Å². The standard InChI is InChI=1S/C35H43FN8O4S.CH2O2/c1-38-28-16-23(4-5-26(28)33(37)44-15-10-31(45)41-35(44)47)43-11-6-22(7-12-43)42-13-8-25(9-14-42)49-20-30-39-29-18-24(48-19-21-2-3-21)17-27(36)32(29)34(46)40-30;2-1-3/h4-5,16-18,21-22,25,37-38H,2-3,6-15,19-20H2,1H3,(H,39,40,46)(H,41,45,47);1H,(H,2,3). The molecule has 0 radical (unpaired) electrons. The van der Waals surface area contributed by atoms with E-state index in [4.69, 9.17) is 20.0 Å². The molecule has 0 unspecified atom stereocenters. The van der Waals surface area contributed by atoms with Crippen molar-refractivity contribution in [2.24, 2.45) is 5.92 Å². The number of aromatic nitrogens is 2. The van der Waals surface area contributed by atoms with E-state index >= 15 is 0 Å². The summed E-state index contributed by atoms with van der Waals surface area (Å²) in [6.07, 6.45) is 6.74. The van der Waals surface area contributed by atoms with Crippen molar-refractivity contribution in [1.82, 2.24) is 25.1 Å². The number of carbonyl (C=O) groups excluding carboxylic acids is 2. The number of carboxylic acid groups (broad SMARTS) is 1. The van der Waals surface area contributed by atoms with Crippen LogP contribution in [0.15, 0.2) is 35.1 Å². The van der Waals surface area contributed by atoms with Gasteiger partial charge in [0.1, 0.15) is 28.6 Å². The van der Waals surface area contributed by atoms with Gasteiger partial charge in [-0.05, 0) is 75.7 Å². The second kappa shape index (κ2) is 16.8. The molecule has 0 spiro atoms. The number of imide groups is 1. The number of piperidine rings is 2. The molecule has 14 nitrogen and oxygen atoms in total. The molecule has 1 saturated carbocycles. The lowest BCUT2D eigenvalue weighted by Crippen LogP contribution is -2.52. The van der Waals surface area contributed by atoms with E-state index in [1.54, 1.807) is 6.07 Å². The van der Waals surface area contributed by atoms with Gasteiger partial charge in [0, 0.05) is 73.5 Å². The summed E-state index contributed by atoms with van der Waals surface area (Å²) in [5, 5.41) is 21.5. The minimum Gasteiger partial charge on any atom is -0.493 e. The Morgan fingerprint density at radius 2 is 1.81 bits per heavy atom. The molecule has 2 aromatic carbocycles. The van der Waals surface area contributed by atoms with Crippen LogP contribution in [0.1, 0.15) is 56.3 Å². The number of amidine groups is 1. The lowest BCUT2D eigenvalue weighted by Gasteiger charge is -2.42. The topological polar surface area (TPSA) is 184 Å². The molecule has 52 heavy (non-hydrogen) atoms. The van der Waals surface area contributed by atoms with Gasteiger partial charge < -0.3 is 29.9 Å². The van der Waals surface area contributed by atoms with Crippen molar-refractivity contribution in [2.75, 3.05) is 56.6 Å². The zero-order valence-corrected chi connectivity index (χ0v) is 30.0. The molecule has 3 aliphatic heterocycles. The van der Waals surface area contributed by atoms with Crippen LogP contribution in [-0.2, 0) is 15.3 Å². The number of likely N-dealkylation sites (tertiary alicyclic amines) is 1. The zero-order valence-electron chi connectivity index (χ0n) is 29.2. The molecule has 16 heteroatoms. The van der Waals surface area contributed by atoms with Crippen LogP contribution in [0.4, 0.5) is 20.6 Å². The molecule has 5 N–H and O–H groups in total. The number of carbonyl (C=O) groups is 3. The summed E-state index contributed by atoms with van der Waals surface area (Å²) in [5.41, 5.74) is 2.36. The molecule has 3 amide bonds. The van der Waals surface area contributed by atoms with Crippen LogP contribution >= 0.6 is 11.8 Å². The van der Waals surface area contributed by atoms with Gasteiger partial charge in [0.25, 0.3) is 12.0 Å². The normalized spacial score (nSPS) is 18.8. The SMILES string of the molecule is CNc1cc(N2CCC(N3CCC(SCc4nc5cc(OCC6CC6)cc(F)c5c(=O)[nH]4)CC3)CC2)ccc1C(=N)N1CCC(=O)NC1=O.O=CO. The Labute approximate surface area is 305 Å². The number of benzene rings is 2. The molecule has 0 bridgehead atoms. The highest BCUT2D eigenvalue weighted by Gasteiger charge is 2.31. The molecule has 3 saturated heterocycles.